The van der Waals surface area contributed by atoms with E-state index in [-0.39, 0.29) is 17.5 Å². The van der Waals surface area contributed by atoms with Gasteiger partial charge in [0.2, 0.25) is 5.91 Å². The summed E-state index contributed by atoms with van der Waals surface area (Å²) in [7, 11) is 0. The van der Waals surface area contributed by atoms with E-state index in [4.69, 9.17) is 5.73 Å². The van der Waals surface area contributed by atoms with Crippen molar-refractivity contribution in [1.29, 1.82) is 0 Å². The van der Waals surface area contributed by atoms with Gasteiger partial charge in [0, 0.05) is 43.9 Å². The number of halogens is 2. The van der Waals surface area contributed by atoms with Crippen LogP contribution in [0.2, 0.25) is 0 Å². The molecule has 2 aromatic heterocycles. The van der Waals surface area contributed by atoms with Crippen LogP contribution in [0.15, 0.2) is 29.4 Å². The van der Waals surface area contributed by atoms with Crippen molar-refractivity contribution in [2.75, 3.05) is 18.0 Å². The lowest BCUT2D eigenvalue weighted by molar-refractivity contribution is -0.133. The number of anilines is 1. The average molecular weight is 414 g/mol. The first-order valence-corrected chi connectivity index (χ1v) is 9.87. The van der Waals surface area contributed by atoms with Gasteiger partial charge in [0.1, 0.15) is 5.69 Å². The van der Waals surface area contributed by atoms with Crippen LogP contribution in [0.3, 0.4) is 0 Å². The van der Waals surface area contributed by atoms with E-state index in [1.165, 1.54) is 12.3 Å². The van der Waals surface area contributed by atoms with Crippen LogP contribution in [0.1, 0.15) is 42.3 Å². The Kier molecular flexibility index (Phi) is 5.36. The number of alkyl halides is 2. The van der Waals surface area contributed by atoms with Gasteiger partial charge in [-0.2, -0.15) is 0 Å². The standard InChI is InChI=1S/C21H24F2N6O/c1-12-5-19(26-13(2)24)27-18-11-29(10-16(12)18)20(30)6-14-8-28(9-14)15-3-4-25-17(7-15)21(22)23/h3-5,7,14,21H,6,8-11H2,1-2H3,(H2,24,26,27). The number of nitrogens with two attached hydrogens (primary N) is 1. The summed E-state index contributed by atoms with van der Waals surface area (Å²) in [6, 6.07) is 5.02. The van der Waals surface area contributed by atoms with Gasteiger partial charge in [-0.1, -0.05) is 0 Å². The third-order valence-corrected chi connectivity index (χ3v) is 5.53. The molecule has 1 amide bonds. The van der Waals surface area contributed by atoms with Gasteiger partial charge in [-0.15, -0.1) is 0 Å². The van der Waals surface area contributed by atoms with Gasteiger partial charge in [0.25, 0.3) is 6.43 Å². The zero-order valence-electron chi connectivity index (χ0n) is 17.0. The number of carbonyl (C=O) groups excluding carboxylic acids is 1. The Balaban J connectivity index is 1.34. The molecule has 0 saturated carbocycles. The van der Waals surface area contributed by atoms with Gasteiger partial charge in [-0.3, -0.25) is 9.78 Å². The second kappa shape index (κ2) is 7.97. The van der Waals surface area contributed by atoms with Crippen LogP contribution in [0.4, 0.5) is 20.3 Å². The van der Waals surface area contributed by atoms with Crippen LogP contribution in [0.5, 0.6) is 0 Å². The highest BCUT2D eigenvalue weighted by atomic mass is 19.3. The fourth-order valence-corrected chi connectivity index (χ4v) is 3.97. The second-order valence-corrected chi connectivity index (χ2v) is 7.94. The van der Waals surface area contributed by atoms with E-state index in [1.54, 1.807) is 13.0 Å². The third-order valence-electron chi connectivity index (χ3n) is 5.53. The van der Waals surface area contributed by atoms with Crippen molar-refractivity contribution in [3.05, 3.63) is 46.9 Å². The lowest BCUT2D eigenvalue weighted by atomic mass is 9.95. The molecule has 0 spiro atoms. The van der Waals surface area contributed by atoms with Gasteiger partial charge >= 0.3 is 0 Å². The molecular formula is C21H24F2N6O. The summed E-state index contributed by atoms with van der Waals surface area (Å²) in [5.41, 5.74) is 9.14. The molecule has 4 rings (SSSR count). The van der Waals surface area contributed by atoms with Crippen LogP contribution in [-0.4, -0.2) is 39.7 Å². The molecule has 1 saturated heterocycles. The minimum Gasteiger partial charge on any atom is -0.387 e. The van der Waals surface area contributed by atoms with Crippen molar-refractivity contribution >= 4 is 23.2 Å². The molecule has 1 fully saturated rings. The Morgan fingerprint density at radius 3 is 2.80 bits per heavy atom. The number of fused-ring (bicyclic) bond motifs is 1. The lowest BCUT2D eigenvalue weighted by Gasteiger charge is -2.41. The number of hydrogen-bond donors (Lipinski definition) is 1. The topological polar surface area (TPSA) is 87.7 Å². The number of rotatable bonds is 5. The summed E-state index contributed by atoms with van der Waals surface area (Å²) in [6.45, 7) is 6.07. The number of carbonyl (C=O) groups is 1. The van der Waals surface area contributed by atoms with Crippen molar-refractivity contribution in [1.82, 2.24) is 14.9 Å². The molecule has 0 bridgehead atoms. The maximum atomic E-state index is 12.8. The number of amidine groups is 1. The molecule has 2 aliphatic heterocycles. The van der Waals surface area contributed by atoms with Crippen LogP contribution < -0.4 is 10.6 Å². The van der Waals surface area contributed by atoms with Crippen molar-refractivity contribution in [3.8, 4) is 0 Å². The summed E-state index contributed by atoms with van der Waals surface area (Å²) < 4.78 is 25.7. The van der Waals surface area contributed by atoms with Crippen molar-refractivity contribution in [2.24, 2.45) is 16.6 Å². The van der Waals surface area contributed by atoms with E-state index in [0.29, 0.717) is 44.3 Å². The minimum absolute atomic E-state index is 0.0834. The monoisotopic (exact) mass is 414 g/mol. The zero-order valence-corrected chi connectivity index (χ0v) is 17.0. The molecule has 0 aromatic carbocycles. The lowest BCUT2D eigenvalue weighted by Crippen LogP contribution is -2.48. The molecule has 9 heteroatoms. The quantitative estimate of drug-likeness (QED) is 0.600. The zero-order chi connectivity index (χ0) is 21.4. The molecule has 4 heterocycles. The number of aliphatic imine (C=N–C) groups is 1. The number of amides is 1. The Morgan fingerprint density at radius 2 is 2.10 bits per heavy atom. The van der Waals surface area contributed by atoms with E-state index in [1.807, 2.05) is 22.8 Å². The van der Waals surface area contributed by atoms with Crippen LogP contribution in [-0.2, 0) is 17.9 Å². The van der Waals surface area contributed by atoms with Gasteiger partial charge < -0.3 is 15.5 Å². The van der Waals surface area contributed by atoms with Gasteiger partial charge in [-0.05, 0) is 43.2 Å². The Morgan fingerprint density at radius 1 is 1.33 bits per heavy atom. The molecule has 30 heavy (non-hydrogen) atoms. The minimum atomic E-state index is -2.59. The predicted molar refractivity (Wildman–Crippen MR) is 110 cm³/mol. The Hall–Kier alpha value is -3.10. The number of aryl methyl sites for hydroxylation is 1. The maximum absolute atomic E-state index is 12.8. The van der Waals surface area contributed by atoms with Crippen molar-refractivity contribution in [2.45, 2.75) is 39.8 Å². The summed E-state index contributed by atoms with van der Waals surface area (Å²) in [6.07, 6.45) is -0.753. The number of nitrogens with zero attached hydrogens (tertiary/aromatic N) is 5. The highest BCUT2D eigenvalue weighted by molar-refractivity contribution is 5.80. The van der Waals surface area contributed by atoms with Crippen molar-refractivity contribution in [3.63, 3.8) is 0 Å². The number of hydrogen-bond acceptors (Lipinski definition) is 5. The molecule has 0 atom stereocenters. The summed E-state index contributed by atoms with van der Waals surface area (Å²) >= 11 is 0. The fraction of sp³-hybridized carbons (Fsp3) is 0.429. The van der Waals surface area contributed by atoms with E-state index < -0.39 is 6.43 Å². The molecule has 0 radical (unpaired) electrons. The molecule has 2 aliphatic rings. The molecule has 0 aliphatic carbocycles. The van der Waals surface area contributed by atoms with E-state index >= 15 is 0 Å². The molecule has 0 unspecified atom stereocenters. The largest absolute Gasteiger partial charge is 0.387 e. The summed E-state index contributed by atoms with van der Waals surface area (Å²) in [4.78, 5) is 29.1. The average Bonchev–Trinajstić information content (AvgIpc) is 3.08. The van der Waals surface area contributed by atoms with Gasteiger partial charge in [-0.25, -0.2) is 18.8 Å². The molecule has 158 valence electrons. The summed E-state index contributed by atoms with van der Waals surface area (Å²) in [5, 5.41) is 0. The van der Waals surface area contributed by atoms with Crippen LogP contribution >= 0.6 is 0 Å². The summed E-state index contributed by atoms with van der Waals surface area (Å²) in [5.74, 6) is 1.30. The fourth-order valence-electron chi connectivity index (χ4n) is 3.97. The Labute approximate surface area is 173 Å². The van der Waals surface area contributed by atoms with Crippen molar-refractivity contribution < 1.29 is 13.6 Å². The smallest absolute Gasteiger partial charge is 0.280 e. The number of aromatic nitrogens is 2. The first-order valence-electron chi connectivity index (χ1n) is 9.87. The first kappa shape index (κ1) is 20.2. The SMILES string of the molecule is CC(N)=Nc1cc(C)c2c(n1)CN(C(=O)CC1CN(c3ccnc(C(F)F)c3)C1)C2. The molecule has 2 N–H and O–H groups in total. The maximum Gasteiger partial charge on any atom is 0.280 e. The van der Waals surface area contributed by atoms with E-state index in [0.717, 1.165) is 22.5 Å². The normalized spacial score (nSPS) is 16.8. The number of pyridine rings is 2. The molecular weight excluding hydrogens is 390 g/mol. The third kappa shape index (κ3) is 4.10. The van der Waals surface area contributed by atoms with E-state index in [2.05, 4.69) is 15.0 Å². The van der Waals surface area contributed by atoms with Gasteiger partial charge in [0.15, 0.2) is 5.82 Å². The van der Waals surface area contributed by atoms with E-state index in [9.17, 15) is 13.6 Å². The van der Waals surface area contributed by atoms with Crippen LogP contribution in [0.25, 0.3) is 0 Å². The Bertz CT molecular complexity index is 999. The highest BCUT2D eigenvalue weighted by Gasteiger charge is 2.33. The van der Waals surface area contributed by atoms with Crippen LogP contribution in [0, 0.1) is 12.8 Å². The second-order valence-electron chi connectivity index (χ2n) is 7.94. The predicted octanol–water partition coefficient (Wildman–Crippen LogP) is 3.10. The molecule has 7 nitrogen and oxygen atoms in total. The first-order chi connectivity index (χ1) is 14.3. The molecule has 2 aromatic rings. The van der Waals surface area contributed by atoms with Gasteiger partial charge in [0.05, 0.1) is 18.1 Å². The highest BCUT2D eigenvalue weighted by Crippen LogP contribution is 2.31.